The van der Waals surface area contributed by atoms with E-state index in [9.17, 15) is 4.79 Å². The Kier molecular flexibility index (Phi) is 3.84. The van der Waals surface area contributed by atoms with Crippen LogP contribution in [0.4, 0.5) is 5.82 Å². The normalized spacial score (nSPS) is 27.8. The second-order valence-electron chi connectivity index (χ2n) is 5.89. The Labute approximate surface area is 120 Å². The highest BCUT2D eigenvalue weighted by Gasteiger charge is 2.63. The van der Waals surface area contributed by atoms with E-state index < -0.39 is 5.54 Å². The van der Waals surface area contributed by atoms with Crippen LogP contribution in [0.3, 0.4) is 0 Å². The van der Waals surface area contributed by atoms with Crippen LogP contribution in [0.15, 0.2) is 24.4 Å². The van der Waals surface area contributed by atoms with Gasteiger partial charge in [0.1, 0.15) is 11.4 Å². The molecule has 1 aromatic heterocycles. The number of nitrogens with two attached hydrogens (primary N) is 1. The van der Waals surface area contributed by atoms with E-state index in [0.29, 0.717) is 18.8 Å². The van der Waals surface area contributed by atoms with Gasteiger partial charge in [0.05, 0.1) is 6.10 Å². The molecule has 1 heterocycles. The highest BCUT2D eigenvalue weighted by Crippen LogP contribution is 2.50. The molecule has 0 bridgehead atoms. The zero-order chi connectivity index (χ0) is 15.0. The molecule has 1 aliphatic carbocycles. The van der Waals surface area contributed by atoms with Crippen LogP contribution in [-0.4, -0.2) is 36.2 Å². The first-order valence-corrected chi connectivity index (χ1v) is 6.94. The topological polar surface area (TPSA) is 68.5 Å². The molecule has 0 spiro atoms. The molecule has 0 aliphatic heterocycles. The van der Waals surface area contributed by atoms with Gasteiger partial charge in [-0.3, -0.25) is 9.69 Å². The number of likely N-dealkylation sites (N-methyl/N-ethyl adjacent to an activating group) is 1. The van der Waals surface area contributed by atoms with Gasteiger partial charge in [-0.25, -0.2) is 4.98 Å². The maximum absolute atomic E-state index is 12.7. The number of rotatable bonds is 4. The summed E-state index contributed by atoms with van der Waals surface area (Å²) >= 11 is 0. The van der Waals surface area contributed by atoms with Gasteiger partial charge >= 0.3 is 0 Å². The Bertz CT molecular complexity index is 489. The van der Waals surface area contributed by atoms with E-state index in [1.54, 1.807) is 19.3 Å². The zero-order valence-electron chi connectivity index (χ0n) is 12.6. The number of nitrogens with zero attached hydrogens (tertiary/aromatic N) is 2. The van der Waals surface area contributed by atoms with Crippen molar-refractivity contribution < 1.29 is 9.53 Å². The fourth-order valence-electron chi connectivity index (χ4n) is 2.75. The minimum Gasteiger partial charge on any atom is -0.378 e. The second-order valence-corrected chi connectivity index (χ2v) is 5.89. The van der Waals surface area contributed by atoms with E-state index in [1.807, 2.05) is 32.9 Å². The first-order valence-electron chi connectivity index (χ1n) is 6.94. The fourth-order valence-corrected chi connectivity index (χ4v) is 2.75. The number of amides is 1. The first kappa shape index (κ1) is 14.9. The average Bonchev–Trinajstić information content (AvgIpc) is 2.46. The van der Waals surface area contributed by atoms with Crippen molar-refractivity contribution in [2.45, 2.75) is 38.8 Å². The smallest absolute Gasteiger partial charge is 0.248 e. The summed E-state index contributed by atoms with van der Waals surface area (Å²) in [6, 6.07) is 5.47. The van der Waals surface area contributed by atoms with Crippen LogP contribution in [0, 0.1) is 5.41 Å². The minimum absolute atomic E-state index is 0.0265. The molecule has 2 unspecified atom stereocenters. The first-order chi connectivity index (χ1) is 9.34. The lowest BCUT2D eigenvalue weighted by atomic mass is 9.54. The highest BCUT2D eigenvalue weighted by atomic mass is 16.5. The van der Waals surface area contributed by atoms with Crippen molar-refractivity contribution in [1.82, 2.24) is 4.98 Å². The molecule has 5 nitrogen and oxygen atoms in total. The average molecular weight is 277 g/mol. The van der Waals surface area contributed by atoms with E-state index >= 15 is 0 Å². The molecule has 5 heteroatoms. The van der Waals surface area contributed by atoms with E-state index in [-0.39, 0.29) is 17.4 Å². The zero-order valence-corrected chi connectivity index (χ0v) is 12.6. The number of aromatic nitrogens is 1. The highest BCUT2D eigenvalue weighted by molar-refractivity contribution is 6.00. The molecule has 0 aromatic carbocycles. The lowest BCUT2D eigenvalue weighted by Crippen LogP contribution is -2.76. The number of hydrogen-bond acceptors (Lipinski definition) is 4. The van der Waals surface area contributed by atoms with Crippen LogP contribution in [0.25, 0.3) is 0 Å². The second kappa shape index (κ2) is 5.14. The Morgan fingerprint density at radius 2 is 2.25 bits per heavy atom. The van der Waals surface area contributed by atoms with Crippen LogP contribution in [0.1, 0.15) is 27.2 Å². The van der Waals surface area contributed by atoms with E-state index in [2.05, 4.69) is 4.98 Å². The molecule has 0 radical (unpaired) electrons. The Hall–Kier alpha value is -1.46. The Morgan fingerprint density at radius 3 is 2.75 bits per heavy atom. The summed E-state index contributed by atoms with van der Waals surface area (Å²) < 4.78 is 5.66. The van der Waals surface area contributed by atoms with Crippen molar-refractivity contribution in [3.63, 3.8) is 0 Å². The van der Waals surface area contributed by atoms with Crippen molar-refractivity contribution in [2.24, 2.45) is 11.1 Å². The van der Waals surface area contributed by atoms with Gasteiger partial charge in [-0.1, -0.05) is 19.9 Å². The van der Waals surface area contributed by atoms with Gasteiger partial charge in [0.25, 0.3) is 0 Å². The van der Waals surface area contributed by atoms with Crippen molar-refractivity contribution in [3.05, 3.63) is 24.4 Å². The summed E-state index contributed by atoms with van der Waals surface area (Å²) in [4.78, 5) is 18.4. The molecule has 2 atom stereocenters. The van der Waals surface area contributed by atoms with Crippen molar-refractivity contribution in [3.8, 4) is 0 Å². The molecule has 110 valence electrons. The predicted molar refractivity (Wildman–Crippen MR) is 78.4 cm³/mol. The third-order valence-electron chi connectivity index (χ3n) is 4.51. The Morgan fingerprint density at radius 1 is 1.55 bits per heavy atom. The van der Waals surface area contributed by atoms with Crippen LogP contribution < -0.4 is 10.6 Å². The van der Waals surface area contributed by atoms with Gasteiger partial charge in [0, 0.05) is 31.7 Å². The number of carbonyl (C=O) groups is 1. The molecular weight excluding hydrogens is 254 g/mol. The lowest BCUT2D eigenvalue weighted by molar-refractivity contribution is -0.168. The lowest BCUT2D eigenvalue weighted by Gasteiger charge is -2.58. The largest absolute Gasteiger partial charge is 0.378 e. The summed E-state index contributed by atoms with van der Waals surface area (Å²) in [7, 11) is 1.71. The monoisotopic (exact) mass is 277 g/mol. The molecule has 0 saturated heterocycles. The van der Waals surface area contributed by atoms with Gasteiger partial charge in [-0.2, -0.15) is 0 Å². The summed E-state index contributed by atoms with van der Waals surface area (Å²) in [5.74, 6) is 0.495. The Balaban J connectivity index is 2.18. The molecule has 20 heavy (non-hydrogen) atoms. The number of hydrogen-bond donors (Lipinski definition) is 1. The molecular formula is C15H23N3O2. The predicted octanol–water partition coefficient (Wildman–Crippen LogP) is 1.58. The van der Waals surface area contributed by atoms with Crippen molar-refractivity contribution in [1.29, 1.82) is 0 Å². The summed E-state index contributed by atoms with van der Waals surface area (Å²) in [5.41, 5.74) is 5.09. The van der Waals surface area contributed by atoms with Gasteiger partial charge in [0.2, 0.25) is 5.91 Å². The number of pyridine rings is 1. The minimum atomic E-state index is -0.904. The quantitative estimate of drug-likeness (QED) is 0.907. The molecule has 1 aromatic rings. The molecule has 1 saturated carbocycles. The third-order valence-corrected chi connectivity index (χ3v) is 4.51. The number of anilines is 1. The molecule has 2 rings (SSSR count). The van der Waals surface area contributed by atoms with Gasteiger partial charge in [-0.05, 0) is 19.1 Å². The van der Waals surface area contributed by atoms with Crippen LogP contribution in [0.2, 0.25) is 0 Å². The summed E-state index contributed by atoms with van der Waals surface area (Å²) in [6.45, 7) is 6.56. The molecule has 2 N–H and O–H groups in total. The van der Waals surface area contributed by atoms with Gasteiger partial charge in [-0.15, -0.1) is 0 Å². The van der Waals surface area contributed by atoms with Gasteiger partial charge in [0.15, 0.2) is 0 Å². The number of ether oxygens (including phenoxy) is 1. The molecule has 1 aliphatic rings. The molecule has 1 fully saturated rings. The van der Waals surface area contributed by atoms with Crippen LogP contribution in [0.5, 0.6) is 0 Å². The van der Waals surface area contributed by atoms with E-state index in [0.717, 1.165) is 0 Å². The van der Waals surface area contributed by atoms with Crippen molar-refractivity contribution >= 4 is 11.7 Å². The van der Waals surface area contributed by atoms with Gasteiger partial charge < -0.3 is 10.5 Å². The van der Waals surface area contributed by atoms with E-state index in [1.165, 1.54) is 4.90 Å². The van der Waals surface area contributed by atoms with Crippen LogP contribution in [-0.2, 0) is 9.53 Å². The standard InChI is InChI=1S/C15H23N3O2/c1-5-20-11-10-15(16,14(11,2)3)13(19)18(4)12-8-6-7-9-17-12/h6-9,11H,5,10,16H2,1-4H3. The maximum atomic E-state index is 12.7. The summed E-state index contributed by atoms with van der Waals surface area (Å²) in [6.07, 6.45) is 2.24. The molecule has 1 amide bonds. The van der Waals surface area contributed by atoms with Crippen molar-refractivity contribution in [2.75, 3.05) is 18.6 Å². The fraction of sp³-hybridized carbons (Fsp3) is 0.600. The van der Waals surface area contributed by atoms with E-state index in [4.69, 9.17) is 10.5 Å². The number of carbonyl (C=O) groups excluding carboxylic acids is 1. The third kappa shape index (κ3) is 2.11. The summed E-state index contributed by atoms with van der Waals surface area (Å²) in [5, 5.41) is 0. The maximum Gasteiger partial charge on any atom is 0.248 e. The SMILES string of the molecule is CCOC1CC(N)(C(=O)N(C)c2ccccn2)C1(C)C. The van der Waals surface area contributed by atoms with Crippen LogP contribution >= 0.6 is 0 Å².